The topological polar surface area (TPSA) is 58.6 Å². The van der Waals surface area contributed by atoms with Gasteiger partial charge in [0, 0.05) is 0 Å². The summed E-state index contributed by atoms with van der Waals surface area (Å²) in [7, 11) is 0. The highest BCUT2D eigenvalue weighted by molar-refractivity contribution is 6.06. The number of halogens is 4. The Morgan fingerprint density at radius 1 is 1.37 bits per heavy atom. The molecule has 5 nitrogen and oxygen atoms in total. The molecule has 0 aromatic rings. The van der Waals surface area contributed by atoms with Crippen LogP contribution in [0.2, 0.25) is 0 Å². The Labute approximate surface area is 106 Å². The molecule has 1 fully saturated rings. The highest BCUT2D eigenvalue weighted by Gasteiger charge is 2.44. The summed E-state index contributed by atoms with van der Waals surface area (Å²) < 4.78 is 53.0. The molecule has 0 spiro atoms. The van der Waals surface area contributed by atoms with E-state index in [0.29, 0.717) is 0 Å². The molecule has 0 saturated carbocycles. The average molecular weight is 286 g/mol. The van der Waals surface area contributed by atoms with E-state index >= 15 is 0 Å². The number of alkyl halides is 4. The van der Waals surface area contributed by atoms with Gasteiger partial charge in [0.2, 0.25) is 0 Å². The van der Waals surface area contributed by atoms with E-state index in [9.17, 15) is 27.2 Å². The number of ether oxygens (including phenoxy) is 1. The van der Waals surface area contributed by atoms with Crippen molar-refractivity contribution in [2.45, 2.75) is 31.7 Å². The summed E-state index contributed by atoms with van der Waals surface area (Å²) in [4.78, 5) is 23.8. The summed E-state index contributed by atoms with van der Waals surface area (Å²) in [5.74, 6) is -4.77. The predicted molar refractivity (Wildman–Crippen MR) is 56.1 cm³/mol. The minimum Gasteiger partial charge on any atom is -0.373 e. The Morgan fingerprint density at radius 2 is 1.95 bits per heavy atom. The van der Waals surface area contributed by atoms with Crippen molar-refractivity contribution >= 4 is 11.9 Å². The third-order valence-corrected chi connectivity index (χ3v) is 2.52. The maximum absolute atomic E-state index is 12.5. The first kappa shape index (κ1) is 15.7. The zero-order chi connectivity index (χ0) is 14.8. The van der Waals surface area contributed by atoms with E-state index in [1.54, 1.807) is 0 Å². The van der Waals surface area contributed by atoms with Gasteiger partial charge in [-0.05, 0) is 13.8 Å². The van der Waals surface area contributed by atoms with Crippen molar-refractivity contribution < 1.29 is 31.9 Å². The Balaban J connectivity index is 2.39. The molecule has 0 aromatic carbocycles. The predicted octanol–water partition coefficient (Wildman–Crippen LogP) is 1.23. The summed E-state index contributed by atoms with van der Waals surface area (Å²) in [6.45, 7) is 0.806. The fraction of sp³-hybridized carbons (Fsp3) is 0.800. The maximum Gasteiger partial charge on any atom is 0.330 e. The van der Waals surface area contributed by atoms with Gasteiger partial charge in [0.25, 0.3) is 5.91 Å². The molecule has 0 radical (unpaired) electrons. The van der Waals surface area contributed by atoms with Crippen molar-refractivity contribution in [1.29, 1.82) is 0 Å². The number of carbonyl (C=O) groups is 2. The average Bonchev–Trinajstić information content (AvgIpc) is 2.45. The molecule has 1 rings (SSSR count). The van der Waals surface area contributed by atoms with Crippen LogP contribution in [0.5, 0.6) is 0 Å². The molecule has 1 N–H and O–H groups in total. The molecule has 1 aliphatic rings. The van der Waals surface area contributed by atoms with E-state index in [1.807, 2.05) is 0 Å². The number of rotatable bonds is 6. The Hall–Kier alpha value is -1.38. The van der Waals surface area contributed by atoms with Crippen molar-refractivity contribution in [1.82, 2.24) is 10.2 Å². The van der Waals surface area contributed by atoms with Crippen molar-refractivity contribution in [2.75, 3.05) is 19.8 Å². The quantitative estimate of drug-likeness (QED) is 0.454. The molecule has 3 amide bonds. The largest absolute Gasteiger partial charge is 0.373 e. The van der Waals surface area contributed by atoms with Gasteiger partial charge in [0.1, 0.15) is 12.1 Å². The SMILES string of the molecule is CC1(C)NC(=O)N(CCOCC(F)(F)C(F)F)C1=O. The van der Waals surface area contributed by atoms with Gasteiger partial charge in [-0.15, -0.1) is 0 Å². The van der Waals surface area contributed by atoms with E-state index in [1.165, 1.54) is 13.8 Å². The van der Waals surface area contributed by atoms with Gasteiger partial charge >= 0.3 is 18.4 Å². The number of nitrogens with one attached hydrogen (secondary N) is 1. The van der Waals surface area contributed by atoms with Gasteiger partial charge in [0.15, 0.2) is 0 Å². The molecule has 0 atom stereocenters. The van der Waals surface area contributed by atoms with Gasteiger partial charge in [0.05, 0.1) is 13.2 Å². The molecule has 9 heteroatoms. The van der Waals surface area contributed by atoms with Crippen LogP contribution < -0.4 is 5.32 Å². The fourth-order valence-electron chi connectivity index (χ4n) is 1.45. The highest BCUT2D eigenvalue weighted by Crippen LogP contribution is 2.23. The number of hydrogen-bond donors (Lipinski definition) is 1. The molecular formula is C10H14F4N2O3. The second kappa shape index (κ2) is 5.32. The third kappa shape index (κ3) is 3.55. The Morgan fingerprint density at radius 3 is 2.37 bits per heavy atom. The number of amides is 3. The zero-order valence-corrected chi connectivity index (χ0v) is 10.4. The molecule has 1 heterocycles. The zero-order valence-electron chi connectivity index (χ0n) is 10.4. The monoisotopic (exact) mass is 286 g/mol. The molecule has 19 heavy (non-hydrogen) atoms. The van der Waals surface area contributed by atoms with E-state index in [4.69, 9.17) is 0 Å². The van der Waals surface area contributed by atoms with Crippen LogP contribution in [0.25, 0.3) is 0 Å². The van der Waals surface area contributed by atoms with Crippen LogP contribution in [0.15, 0.2) is 0 Å². The molecule has 1 aliphatic heterocycles. The van der Waals surface area contributed by atoms with Crippen LogP contribution in [-0.2, 0) is 9.53 Å². The lowest BCUT2D eigenvalue weighted by atomic mass is 10.1. The van der Waals surface area contributed by atoms with E-state index < -0.39 is 43.0 Å². The standard InChI is InChI=1S/C10H14F4N2O3/c1-9(2)7(17)16(8(18)15-9)3-4-19-5-10(13,14)6(11)12/h6H,3-5H2,1-2H3,(H,15,18). The van der Waals surface area contributed by atoms with Crippen molar-refractivity contribution in [3.63, 3.8) is 0 Å². The summed E-state index contributed by atoms with van der Waals surface area (Å²) in [5.41, 5.74) is -1.07. The summed E-state index contributed by atoms with van der Waals surface area (Å²) in [6.07, 6.45) is -3.82. The van der Waals surface area contributed by atoms with E-state index in [2.05, 4.69) is 10.1 Å². The van der Waals surface area contributed by atoms with Crippen LogP contribution in [0.4, 0.5) is 22.4 Å². The fourth-order valence-corrected chi connectivity index (χ4v) is 1.45. The van der Waals surface area contributed by atoms with Gasteiger partial charge < -0.3 is 10.1 Å². The van der Waals surface area contributed by atoms with Crippen LogP contribution >= 0.6 is 0 Å². The third-order valence-electron chi connectivity index (χ3n) is 2.52. The van der Waals surface area contributed by atoms with Crippen molar-refractivity contribution in [2.24, 2.45) is 0 Å². The second-order valence-corrected chi connectivity index (χ2v) is 4.63. The number of imide groups is 1. The van der Waals surface area contributed by atoms with E-state index in [-0.39, 0.29) is 6.54 Å². The highest BCUT2D eigenvalue weighted by atomic mass is 19.3. The number of hydrogen-bond acceptors (Lipinski definition) is 3. The minimum absolute atomic E-state index is 0.270. The molecule has 110 valence electrons. The molecule has 1 saturated heterocycles. The summed E-state index contributed by atoms with van der Waals surface area (Å²) >= 11 is 0. The molecule has 0 unspecified atom stereocenters. The number of carbonyl (C=O) groups excluding carboxylic acids is 2. The number of urea groups is 1. The summed E-state index contributed by atoms with van der Waals surface area (Å²) in [6, 6.07) is -0.667. The lowest BCUT2D eigenvalue weighted by Gasteiger charge is -2.18. The lowest BCUT2D eigenvalue weighted by Crippen LogP contribution is -2.41. The molecule has 0 aliphatic carbocycles. The van der Waals surface area contributed by atoms with Gasteiger partial charge in [-0.3, -0.25) is 9.69 Å². The second-order valence-electron chi connectivity index (χ2n) is 4.63. The van der Waals surface area contributed by atoms with Gasteiger partial charge in [-0.2, -0.15) is 8.78 Å². The molecule has 0 aromatic heterocycles. The van der Waals surface area contributed by atoms with E-state index in [0.717, 1.165) is 4.90 Å². The first-order chi connectivity index (χ1) is 8.58. The van der Waals surface area contributed by atoms with Crippen molar-refractivity contribution in [3.8, 4) is 0 Å². The van der Waals surface area contributed by atoms with Crippen LogP contribution in [-0.4, -0.2) is 54.5 Å². The molecule has 0 bridgehead atoms. The first-order valence-electron chi connectivity index (χ1n) is 5.46. The summed E-state index contributed by atoms with van der Waals surface area (Å²) in [5, 5.41) is 2.38. The first-order valence-corrected chi connectivity index (χ1v) is 5.46. The Bertz CT molecular complexity index is 374. The van der Waals surface area contributed by atoms with Gasteiger partial charge in [-0.1, -0.05) is 0 Å². The number of nitrogens with zero attached hydrogens (tertiary/aromatic N) is 1. The smallest absolute Gasteiger partial charge is 0.330 e. The van der Waals surface area contributed by atoms with Crippen LogP contribution in [0.1, 0.15) is 13.8 Å². The normalized spacial score (nSPS) is 19.2. The Kier molecular flexibility index (Phi) is 4.39. The van der Waals surface area contributed by atoms with Crippen molar-refractivity contribution in [3.05, 3.63) is 0 Å². The lowest BCUT2D eigenvalue weighted by molar-refractivity contribution is -0.166. The van der Waals surface area contributed by atoms with Crippen LogP contribution in [0.3, 0.4) is 0 Å². The molecular weight excluding hydrogens is 272 g/mol. The minimum atomic E-state index is -4.24. The van der Waals surface area contributed by atoms with Gasteiger partial charge in [-0.25, -0.2) is 13.6 Å². The van der Waals surface area contributed by atoms with Crippen LogP contribution in [0, 0.1) is 0 Å². The maximum atomic E-state index is 12.5.